The van der Waals surface area contributed by atoms with Crippen molar-refractivity contribution in [3.8, 4) is 0 Å². The van der Waals surface area contributed by atoms with Crippen LogP contribution in [0.1, 0.15) is 37.7 Å². The Morgan fingerprint density at radius 1 is 1.10 bits per heavy atom. The SMILES string of the molecule is OC1(Cc2cccc(F)c2Br)C2CC3CC(C2)CC1C3. The number of rotatable bonds is 2. The second-order valence-electron chi connectivity index (χ2n) is 7.19. The lowest BCUT2D eigenvalue weighted by molar-refractivity contribution is -0.171. The van der Waals surface area contributed by atoms with E-state index in [0.29, 0.717) is 22.7 Å². The van der Waals surface area contributed by atoms with Crippen LogP contribution in [0.3, 0.4) is 0 Å². The smallest absolute Gasteiger partial charge is 0.137 e. The van der Waals surface area contributed by atoms with Crippen LogP contribution in [0, 0.1) is 29.5 Å². The summed E-state index contributed by atoms with van der Waals surface area (Å²) in [5.74, 6) is 2.31. The summed E-state index contributed by atoms with van der Waals surface area (Å²) in [6, 6.07) is 5.15. The second kappa shape index (κ2) is 4.54. The highest BCUT2D eigenvalue weighted by Crippen LogP contribution is 2.59. The molecule has 0 saturated heterocycles. The second-order valence-corrected chi connectivity index (χ2v) is 7.98. The van der Waals surface area contributed by atoms with E-state index in [0.717, 1.165) is 17.4 Å². The number of aliphatic hydroxyl groups is 1. The standard InChI is InChI=1S/C17H20BrFO/c18-16-12(2-1-3-15(16)19)9-17(20)13-5-10-4-11(7-13)8-14(17)6-10/h1-3,10-11,13-14,20H,4-9H2. The molecule has 5 rings (SSSR count). The van der Waals surface area contributed by atoms with Gasteiger partial charge in [0.2, 0.25) is 0 Å². The van der Waals surface area contributed by atoms with E-state index >= 15 is 0 Å². The van der Waals surface area contributed by atoms with Crippen molar-refractivity contribution in [3.63, 3.8) is 0 Å². The van der Waals surface area contributed by atoms with Gasteiger partial charge in [-0.15, -0.1) is 0 Å². The summed E-state index contributed by atoms with van der Waals surface area (Å²) in [5, 5.41) is 11.3. The highest BCUT2D eigenvalue weighted by molar-refractivity contribution is 9.10. The van der Waals surface area contributed by atoms with Gasteiger partial charge in [-0.05, 0) is 83.3 Å². The quantitative estimate of drug-likeness (QED) is 0.851. The molecule has 0 amide bonds. The first kappa shape index (κ1) is 13.3. The highest BCUT2D eigenvalue weighted by atomic mass is 79.9. The van der Waals surface area contributed by atoms with Crippen LogP contribution in [-0.2, 0) is 6.42 Å². The Labute approximate surface area is 127 Å². The molecule has 1 nitrogen and oxygen atoms in total. The van der Waals surface area contributed by atoms with Crippen LogP contribution in [0.5, 0.6) is 0 Å². The maximum atomic E-state index is 13.7. The Morgan fingerprint density at radius 2 is 1.70 bits per heavy atom. The predicted octanol–water partition coefficient (Wildman–Crippen LogP) is 4.32. The van der Waals surface area contributed by atoms with Crippen molar-refractivity contribution in [2.45, 2.75) is 44.1 Å². The Hall–Kier alpha value is -0.410. The van der Waals surface area contributed by atoms with E-state index in [-0.39, 0.29) is 5.82 Å². The Bertz CT molecular complexity index is 514. The van der Waals surface area contributed by atoms with E-state index in [1.807, 2.05) is 6.07 Å². The van der Waals surface area contributed by atoms with Crippen molar-refractivity contribution in [2.24, 2.45) is 23.7 Å². The van der Waals surface area contributed by atoms with Crippen molar-refractivity contribution in [1.29, 1.82) is 0 Å². The van der Waals surface area contributed by atoms with E-state index in [1.165, 1.54) is 38.2 Å². The molecule has 1 N–H and O–H groups in total. The lowest BCUT2D eigenvalue weighted by Gasteiger charge is -2.59. The van der Waals surface area contributed by atoms with Crippen LogP contribution in [0.4, 0.5) is 4.39 Å². The molecule has 4 fully saturated rings. The van der Waals surface area contributed by atoms with E-state index < -0.39 is 5.60 Å². The van der Waals surface area contributed by atoms with Gasteiger partial charge in [-0.3, -0.25) is 0 Å². The molecule has 4 aliphatic rings. The molecule has 4 aliphatic carbocycles. The maximum absolute atomic E-state index is 13.7. The first-order valence-electron chi connectivity index (χ1n) is 7.71. The van der Waals surface area contributed by atoms with Gasteiger partial charge < -0.3 is 5.11 Å². The fourth-order valence-corrected chi connectivity index (χ4v) is 5.68. The summed E-state index contributed by atoms with van der Waals surface area (Å²) in [6.07, 6.45) is 6.69. The molecule has 4 bridgehead atoms. The van der Waals surface area contributed by atoms with Gasteiger partial charge in [-0.25, -0.2) is 4.39 Å². The van der Waals surface area contributed by atoms with Crippen LogP contribution >= 0.6 is 15.9 Å². The summed E-state index contributed by atoms with van der Waals surface area (Å²) in [4.78, 5) is 0. The average molecular weight is 339 g/mol. The molecule has 3 heteroatoms. The minimum absolute atomic E-state index is 0.227. The first-order valence-corrected chi connectivity index (χ1v) is 8.51. The van der Waals surface area contributed by atoms with Gasteiger partial charge in [0.25, 0.3) is 0 Å². The third-order valence-corrected chi connectivity index (χ3v) is 6.95. The van der Waals surface area contributed by atoms with Crippen molar-refractivity contribution in [2.75, 3.05) is 0 Å². The van der Waals surface area contributed by atoms with Gasteiger partial charge in [-0.1, -0.05) is 12.1 Å². The van der Waals surface area contributed by atoms with Gasteiger partial charge >= 0.3 is 0 Å². The van der Waals surface area contributed by atoms with E-state index in [2.05, 4.69) is 15.9 Å². The van der Waals surface area contributed by atoms with Gasteiger partial charge in [0.15, 0.2) is 0 Å². The zero-order valence-corrected chi connectivity index (χ0v) is 13.1. The molecule has 20 heavy (non-hydrogen) atoms. The van der Waals surface area contributed by atoms with Gasteiger partial charge in [0.05, 0.1) is 10.1 Å². The third kappa shape index (κ3) is 1.89. The lowest BCUT2D eigenvalue weighted by atomic mass is 9.49. The maximum Gasteiger partial charge on any atom is 0.137 e. The molecule has 0 unspecified atom stereocenters. The molecular weight excluding hydrogens is 319 g/mol. The number of hydrogen-bond acceptors (Lipinski definition) is 1. The zero-order valence-electron chi connectivity index (χ0n) is 11.5. The molecule has 0 radical (unpaired) electrons. The summed E-state index contributed by atoms with van der Waals surface area (Å²) >= 11 is 3.35. The molecular formula is C17H20BrFO. The van der Waals surface area contributed by atoms with Gasteiger partial charge in [0, 0.05) is 6.42 Å². The van der Waals surface area contributed by atoms with Crippen LogP contribution in [0.15, 0.2) is 22.7 Å². The van der Waals surface area contributed by atoms with Crippen LogP contribution in [0.25, 0.3) is 0 Å². The molecule has 1 aromatic carbocycles. The summed E-state index contributed by atoms with van der Waals surface area (Å²) < 4.78 is 14.2. The molecule has 0 aliphatic heterocycles. The highest BCUT2D eigenvalue weighted by Gasteiger charge is 2.56. The van der Waals surface area contributed by atoms with Gasteiger partial charge in [0.1, 0.15) is 5.82 Å². The topological polar surface area (TPSA) is 20.2 Å². The van der Waals surface area contributed by atoms with E-state index in [9.17, 15) is 9.50 Å². The molecule has 108 valence electrons. The predicted molar refractivity (Wildman–Crippen MR) is 79.8 cm³/mol. The summed E-state index contributed by atoms with van der Waals surface area (Å²) in [5.41, 5.74) is 0.309. The number of hydrogen-bond donors (Lipinski definition) is 1. The average Bonchev–Trinajstić information content (AvgIpc) is 2.41. The molecule has 1 aromatic rings. The molecule has 0 heterocycles. The third-order valence-electron chi connectivity index (χ3n) is 6.06. The molecule has 4 saturated carbocycles. The lowest BCUT2D eigenvalue weighted by Crippen LogP contribution is -2.58. The fourth-order valence-electron chi connectivity index (χ4n) is 5.28. The Kier molecular flexibility index (Phi) is 3.01. The van der Waals surface area contributed by atoms with Gasteiger partial charge in [-0.2, -0.15) is 0 Å². The fraction of sp³-hybridized carbons (Fsp3) is 0.647. The Morgan fingerprint density at radius 3 is 2.30 bits per heavy atom. The minimum atomic E-state index is -0.607. The van der Waals surface area contributed by atoms with Crippen LogP contribution in [0.2, 0.25) is 0 Å². The van der Waals surface area contributed by atoms with Crippen molar-refractivity contribution >= 4 is 15.9 Å². The number of benzene rings is 1. The largest absolute Gasteiger partial charge is 0.389 e. The monoisotopic (exact) mass is 338 g/mol. The summed E-state index contributed by atoms with van der Waals surface area (Å²) in [7, 11) is 0. The summed E-state index contributed by atoms with van der Waals surface area (Å²) in [6.45, 7) is 0. The van der Waals surface area contributed by atoms with Crippen LogP contribution < -0.4 is 0 Å². The Balaban J connectivity index is 1.66. The van der Waals surface area contributed by atoms with E-state index in [4.69, 9.17) is 0 Å². The van der Waals surface area contributed by atoms with E-state index in [1.54, 1.807) is 6.07 Å². The van der Waals surface area contributed by atoms with Crippen molar-refractivity contribution in [3.05, 3.63) is 34.1 Å². The molecule has 0 spiro atoms. The first-order chi connectivity index (χ1) is 9.56. The molecule has 0 atom stereocenters. The number of halogens is 2. The van der Waals surface area contributed by atoms with Crippen molar-refractivity contribution < 1.29 is 9.50 Å². The van der Waals surface area contributed by atoms with Crippen molar-refractivity contribution in [1.82, 2.24) is 0 Å². The minimum Gasteiger partial charge on any atom is -0.389 e. The zero-order chi connectivity index (χ0) is 13.9. The van der Waals surface area contributed by atoms with Crippen LogP contribution in [-0.4, -0.2) is 10.7 Å². The molecule has 0 aromatic heterocycles. The normalized spacial score (nSPS) is 42.1.